The van der Waals surface area contributed by atoms with Gasteiger partial charge in [0.25, 0.3) is 0 Å². The standard InChI is InChI=1S/C15H27N5S.2ClH/c1-12-18-14(20-19-12)21-11-10-17-13-2-4-15(5-3-13)6-8-16-9-7-15;;/h13,16-17H,2-11H2,1H3,(H,18,19,20);2*1H. The van der Waals surface area contributed by atoms with Crippen molar-refractivity contribution in [3.63, 3.8) is 0 Å². The number of aromatic amines is 1. The van der Waals surface area contributed by atoms with Crippen LogP contribution in [0.2, 0.25) is 0 Å². The highest BCUT2D eigenvalue weighted by Gasteiger charge is 2.35. The molecule has 23 heavy (non-hydrogen) atoms. The first-order valence-electron chi connectivity index (χ1n) is 8.22. The van der Waals surface area contributed by atoms with Crippen LogP contribution in [0.15, 0.2) is 5.16 Å². The molecule has 3 N–H and O–H groups in total. The lowest BCUT2D eigenvalue weighted by molar-refractivity contribution is 0.116. The molecular formula is C15H29Cl2N5S. The van der Waals surface area contributed by atoms with Gasteiger partial charge < -0.3 is 10.6 Å². The van der Waals surface area contributed by atoms with E-state index in [1.54, 1.807) is 11.8 Å². The van der Waals surface area contributed by atoms with Crippen molar-refractivity contribution in [2.24, 2.45) is 5.41 Å². The van der Waals surface area contributed by atoms with E-state index in [9.17, 15) is 0 Å². The SMILES string of the molecule is Cc1nc(SCCNC2CCC3(CCNCC3)CC2)n[nH]1.Cl.Cl. The van der Waals surface area contributed by atoms with Crippen molar-refractivity contribution in [2.45, 2.75) is 56.6 Å². The second kappa shape index (κ2) is 10.1. The Kier molecular flexibility index (Phi) is 9.23. The fraction of sp³-hybridized carbons (Fsp3) is 0.867. The number of rotatable bonds is 5. The van der Waals surface area contributed by atoms with Gasteiger partial charge in [-0.1, -0.05) is 11.8 Å². The average molecular weight is 382 g/mol. The molecule has 1 aliphatic heterocycles. The van der Waals surface area contributed by atoms with Crippen LogP contribution in [0.4, 0.5) is 0 Å². The van der Waals surface area contributed by atoms with Gasteiger partial charge in [-0.2, -0.15) is 0 Å². The number of thioether (sulfide) groups is 1. The number of nitrogens with one attached hydrogen (secondary N) is 3. The third kappa shape index (κ3) is 6.09. The summed E-state index contributed by atoms with van der Waals surface area (Å²) in [4.78, 5) is 4.31. The van der Waals surface area contributed by atoms with Crippen LogP contribution in [0, 0.1) is 12.3 Å². The molecule has 0 bridgehead atoms. The van der Waals surface area contributed by atoms with Crippen molar-refractivity contribution < 1.29 is 0 Å². The first kappa shape index (κ1) is 21.0. The summed E-state index contributed by atoms with van der Waals surface area (Å²) in [6.07, 6.45) is 8.31. The molecule has 2 aliphatic rings. The molecule has 0 aromatic carbocycles. The Morgan fingerprint density at radius 2 is 1.87 bits per heavy atom. The van der Waals surface area contributed by atoms with Crippen LogP contribution in [0.25, 0.3) is 0 Å². The predicted molar refractivity (Wildman–Crippen MR) is 101 cm³/mol. The number of hydrogen-bond donors (Lipinski definition) is 3. The first-order chi connectivity index (χ1) is 10.3. The van der Waals surface area contributed by atoms with Gasteiger partial charge >= 0.3 is 0 Å². The van der Waals surface area contributed by atoms with Gasteiger partial charge in [0.15, 0.2) is 0 Å². The van der Waals surface area contributed by atoms with Gasteiger partial charge in [0.2, 0.25) is 5.16 Å². The Morgan fingerprint density at radius 3 is 2.48 bits per heavy atom. The number of piperidine rings is 1. The third-order valence-corrected chi connectivity index (χ3v) is 5.90. The zero-order valence-corrected chi connectivity index (χ0v) is 16.2. The Hall–Kier alpha value is -0.0100. The molecule has 134 valence electrons. The summed E-state index contributed by atoms with van der Waals surface area (Å²) >= 11 is 1.73. The lowest BCUT2D eigenvalue weighted by Crippen LogP contribution is -2.43. The average Bonchev–Trinajstić information content (AvgIpc) is 2.92. The third-order valence-electron chi connectivity index (χ3n) is 5.05. The van der Waals surface area contributed by atoms with Crippen molar-refractivity contribution in [3.8, 4) is 0 Å². The summed E-state index contributed by atoms with van der Waals surface area (Å²) in [5.41, 5.74) is 0.675. The molecule has 1 saturated heterocycles. The maximum atomic E-state index is 4.31. The van der Waals surface area contributed by atoms with Gasteiger partial charge in [-0.3, -0.25) is 5.10 Å². The van der Waals surface area contributed by atoms with Crippen molar-refractivity contribution in [1.82, 2.24) is 25.8 Å². The normalized spacial score (nSPS) is 20.7. The highest BCUT2D eigenvalue weighted by Crippen LogP contribution is 2.43. The molecule has 2 fully saturated rings. The highest BCUT2D eigenvalue weighted by molar-refractivity contribution is 7.99. The number of hydrogen-bond acceptors (Lipinski definition) is 5. The van der Waals surface area contributed by atoms with Gasteiger partial charge in [-0.05, 0) is 64.0 Å². The fourth-order valence-corrected chi connectivity index (χ4v) is 4.40. The van der Waals surface area contributed by atoms with Crippen LogP contribution in [-0.2, 0) is 0 Å². The van der Waals surface area contributed by atoms with Gasteiger partial charge in [0.05, 0.1) is 0 Å². The Labute approximate surface area is 155 Å². The summed E-state index contributed by atoms with van der Waals surface area (Å²) in [5, 5.41) is 15.1. The summed E-state index contributed by atoms with van der Waals surface area (Å²) in [6.45, 7) is 5.45. The second-order valence-electron chi connectivity index (χ2n) is 6.53. The van der Waals surface area contributed by atoms with Gasteiger partial charge in [0.1, 0.15) is 5.82 Å². The monoisotopic (exact) mass is 381 g/mol. The minimum absolute atomic E-state index is 0. The maximum Gasteiger partial charge on any atom is 0.208 e. The molecule has 0 atom stereocenters. The largest absolute Gasteiger partial charge is 0.317 e. The van der Waals surface area contributed by atoms with E-state index in [0.29, 0.717) is 5.41 Å². The summed E-state index contributed by atoms with van der Waals surface area (Å²) in [5.74, 6) is 1.94. The highest BCUT2D eigenvalue weighted by atomic mass is 35.5. The zero-order valence-electron chi connectivity index (χ0n) is 13.8. The lowest BCUT2D eigenvalue weighted by Gasteiger charge is -2.43. The molecule has 0 amide bonds. The molecule has 3 rings (SSSR count). The zero-order chi connectivity index (χ0) is 14.5. The summed E-state index contributed by atoms with van der Waals surface area (Å²) in [7, 11) is 0. The van der Waals surface area contributed by atoms with Crippen LogP contribution < -0.4 is 10.6 Å². The Bertz CT molecular complexity index is 441. The van der Waals surface area contributed by atoms with Crippen molar-refractivity contribution in [2.75, 3.05) is 25.4 Å². The minimum atomic E-state index is 0. The van der Waals surface area contributed by atoms with E-state index in [1.165, 1.54) is 51.6 Å². The van der Waals surface area contributed by atoms with Crippen LogP contribution in [0.3, 0.4) is 0 Å². The molecule has 0 radical (unpaired) electrons. The van der Waals surface area contributed by atoms with Gasteiger partial charge in [-0.15, -0.1) is 29.9 Å². The molecule has 1 aliphatic carbocycles. The Morgan fingerprint density at radius 1 is 1.17 bits per heavy atom. The van der Waals surface area contributed by atoms with Crippen LogP contribution in [0.1, 0.15) is 44.3 Å². The van der Waals surface area contributed by atoms with E-state index in [1.807, 2.05) is 6.92 Å². The van der Waals surface area contributed by atoms with E-state index in [2.05, 4.69) is 25.8 Å². The number of aryl methyl sites for hydroxylation is 1. The van der Waals surface area contributed by atoms with Crippen LogP contribution in [-0.4, -0.2) is 46.6 Å². The van der Waals surface area contributed by atoms with Gasteiger partial charge in [0, 0.05) is 18.3 Å². The van der Waals surface area contributed by atoms with E-state index in [-0.39, 0.29) is 24.8 Å². The van der Waals surface area contributed by atoms with E-state index in [0.717, 1.165) is 29.3 Å². The van der Waals surface area contributed by atoms with Crippen molar-refractivity contribution in [3.05, 3.63) is 5.82 Å². The second-order valence-corrected chi connectivity index (χ2v) is 7.59. The molecule has 5 nitrogen and oxygen atoms in total. The van der Waals surface area contributed by atoms with Crippen LogP contribution in [0.5, 0.6) is 0 Å². The molecule has 1 aromatic heterocycles. The van der Waals surface area contributed by atoms with Gasteiger partial charge in [-0.25, -0.2) is 4.98 Å². The molecule has 1 saturated carbocycles. The summed E-state index contributed by atoms with van der Waals surface area (Å²) in [6, 6.07) is 0.722. The number of aromatic nitrogens is 3. The van der Waals surface area contributed by atoms with Crippen LogP contribution >= 0.6 is 36.6 Å². The Balaban J connectivity index is 0.00000132. The molecule has 1 spiro atoms. The lowest BCUT2D eigenvalue weighted by atomic mass is 9.67. The van der Waals surface area contributed by atoms with E-state index < -0.39 is 0 Å². The van der Waals surface area contributed by atoms with Crippen molar-refractivity contribution in [1.29, 1.82) is 0 Å². The van der Waals surface area contributed by atoms with E-state index >= 15 is 0 Å². The van der Waals surface area contributed by atoms with Crippen molar-refractivity contribution >= 4 is 36.6 Å². The molecule has 0 unspecified atom stereocenters. The number of halogens is 2. The molecule has 8 heteroatoms. The fourth-order valence-electron chi connectivity index (χ4n) is 3.68. The number of H-pyrrole nitrogens is 1. The number of nitrogens with zero attached hydrogens (tertiary/aromatic N) is 2. The predicted octanol–water partition coefficient (Wildman–Crippen LogP) is 2.95. The molecule has 1 aromatic rings. The first-order valence-corrected chi connectivity index (χ1v) is 9.20. The molecule has 2 heterocycles. The minimum Gasteiger partial charge on any atom is -0.317 e. The smallest absolute Gasteiger partial charge is 0.208 e. The maximum absolute atomic E-state index is 4.31. The topological polar surface area (TPSA) is 65.6 Å². The molecular weight excluding hydrogens is 353 g/mol. The van der Waals surface area contributed by atoms with E-state index in [4.69, 9.17) is 0 Å². The quantitative estimate of drug-likeness (QED) is 0.540. The summed E-state index contributed by atoms with van der Waals surface area (Å²) < 4.78 is 0.